The van der Waals surface area contributed by atoms with Crippen molar-refractivity contribution < 1.29 is 4.21 Å². The van der Waals surface area contributed by atoms with E-state index in [1.165, 1.54) is 29.5 Å². The summed E-state index contributed by atoms with van der Waals surface area (Å²) in [5.41, 5.74) is 5.28. The third-order valence-electron chi connectivity index (χ3n) is 3.59. The van der Waals surface area contributed by atoms with Gasteiger partial charge in [0.05, 0.1) is 5.69 Å². The Hall–Kier alpha value is -0.830. The highest BCUT2D eigenvalue weighted by molar-refractivity contribution is 7.85. The van der Waals surface area contributed by atoms with E-state index in [1.54, 1.807) is 6.26 Å². The average Bonchev–Trinajstić information content (AvgIpc) is 3.11. The van der Waals surface area contributed by atoms with E-state index in [9.17, 15) is 4.21 Å². The normalized spacial score (nSPS) is 16.9. The maximum atomic E-state index is 11.6. The molecule has 0 N–H and O–H groups in total. The van der Waals surface area contributed by atoms with E-state index in [0.29, 0.717) is 0 Å². The zero-order chi connectivity index (χ0) is 12.6. The van der Waals surface area contributed by atoms with Crippen molar-refractivity contribution in [3.8, 4) is 0 Å². The van der Waals surface area contributed by atoms with Gasteiger partial charge in [-0.25, -0.2) is 4.21 Å². The van der Waals surface area contributed by atoms with Crippen LogP contribution in [0.25, 0.3) is 0 Å². The van der Waals surface area contributed by atoms with Crippen LogP contribution in [0.4, 0.5) is 5.69 Å². The van der Waals surface area contributed by atoms with Crippen molar-refractivity contribution in [1.82, 2.24) is 0 Å². The summed E-state index contributed by atoms with van der Waals surface area (Å²) >= 11 is 0. The Morgan fingerprint density at radius 2 is 2.06 bits per heavy atom. The van der Waals surface area contributed by atoms with Crippen LogP contribution in [0, 0.1) is 6.92 Å². The number of aryl methyl sites for hydroxylation is 2. The van der Waals surface area contributed by atoms with Gasteiger partial charge in [0, 0.05) is 13.3 Å². The second kappa shape index (κ2) is 4.81. The maximum Gasteiger partial charge on any atom is 0.116 e. The standard InChI is InChI=1S/C14H21NOS/c1-5-11-8-10(2)13(12-6-7-12)9-14(11)15(3)17(4)16/h8-9,12H,5-7H2,1-4H3. The van der Waals surface area contributed by atoms with Gasteiger partial charge >= 0.3 is 0 Å². The molecule has 0 amide bonds. The topological polar surface area (TPSA) is 20.3 Å². The van der Waals surface area contributed by atoms with Gasteiger partial charge < -0.3 is 0 Å². The molecule has 2 nitrogen and oxygen atoms in total. The summed E-state index contributed by atoms with van der Waals surface area (Å²) in [6.07, 6.45) is 5.34. The highest BCUT2D eigenvalue weighted by Gasteiger charge is 2.26. The quantitative estimate of drug-likeness (QED) is 0.805. The molecule has 0 spiro atoms. The molecule has 94 valence electrons. The van der Waals surface area contributed by atoms with Gasteiger partial charge in [-0.1, -0.05) is 13.0 Å². The van der Waals surface area contributed by atoms with E-state index < -0.39 is 11.0 Å². The van der Waals surface area contributed by atoms with Crippen molar-refractivity contribution in [3.63, 3.8) is 0 Å². The number of rotatable bonds is 4. The molecule has 1 aliphatic rings. The molecule has 0 bridgehead atoms. The molecule has 1 atom stereocenters. The number of anilines is 1. The van der Waals surface area contributed by atoms with Crippen molar-refractivity contribution in [1.29, 1.82) is 0 Å². The fourth-order valence-electron chi connectivity index (χ4n) is 2.32. The van der Waals surface area contributed by atoms with E-state index in [2.05, 4.69) is 26.0 Å². The van der Waals surface area contributed by atoms with Gasteiger partial charge in [-0.3, -0.25) is 4.31 Å². The molecule has 1 saturated carbocycles. The Kier molecular flexibility index (Phi) is 3.57. The van der Waals surface area contributed by atoms with Crippen molar-refractivity contribution in [3.05, 3.63) is 28.8 Å². The van der Waals surface area contributed by atoms with Gasteiger partial charge in [-0.15, -0.1) is 0 Å². The molecule has 17 heavy (non-hydrogen) atoms. The van der Waals surface area contributed by atoms with Gasteiger partial charge in [0.25, 0.3) is 0 Å². The number of hydrogen-bond acceptors (Lipinski definition) is 1. The predicted octanol–water partition coefficient (Wildman–Crippen LogP) is 3.16. The van der Waals surface area contributed by atoms with Crippen LogP contribution in [0.15, 0.2) is 12.1 Å². The highest BCUT2D eigenvalue weighted by Crippen LogP contribution is 2.43. The molecule has 2 rings (SSSR count). The maximum absolute atomic E-state index is 11.6. The molecule has 0 heterocycles. The van der Waals surface area contributed by atoms with E-state index >= 15 is 0 Å². The molecule has 1 fully saturated rings. The van der Waals surface area contributed by atoms with Gasteiger partial charge in [0.1, 0.15) is 11.0 Å². The first-order chi connectivity index (χ1) is 8.04. The first-order valence-corrected chi connectivity index (χ1v) is 7.76. The Balaban J connectivity index is 2.47. The predicted molar refractivity (Wildman–Crippen MR) is 75.0 cm³/mol. The van der Waals surface area contributed by atoms with Crippen LogP contribution < -0.4 is 4.31 Å². The largest absolute Gasteiger partial charge is 0.295 e. The SMILES string of the molecule is CCc1cc(C)c(C2CC2)cc1N(C)S(C)=O. The lowest BCUT2D eigenvalue weighted by atomic mass is 9.98. The minimum absolute atomic E-state index is 0.748. The highest BCUT2D eigenvalue weighted by atomic mass is 32.2. The second-order valence-electron chi connectivity index (χ2n) is 4.89. The van der Waals surface area contributed by atoms with E-state index in [0.717, 1.165) is 18.0 Å². The minimum atomic E-state index is -0.948. The summed E-state index contributed by atoms with van der Waals surface area (Å²) in [6, 6.07) is 4.53. The Labute approximate surface area is 107 Å². The van der Waals surface area contributed by atoms with Crippen LogP contribution in [0.5, 0.6) is 0 Å². The molecule has 3 heteroatoms. The van der Waals surface area contributed by atoms with E-state index in [-0.39, 0.29) is 0 Å². The number of benzene rings is 1. The van der Waals surface area contributed by atoms with Crippen LogP contribution in [0.2, 0.25) is 0 Å². The zero-order valence-electron chi connectivity index (χ0n) is 11.1. The van der Waals surface area contributed by atoms with E-state index in [1.807, 2.05) is 11.4 Å². The molecule has 1 unspecified atom stereocenters. The third-order valence-corrected chi connectivity index (χ3v) is 4.56. The van der Waals surface area contributed by atoms with Crippen LogP contribution >= 0.6 is 0 Å². The molecular weight excluding hydrogens is 230 g/mol. The smallest absolute Gasteiger partial charge is 0.116 e. The van der Waals surface area contributed by atoms with Gasteiger partial charge in [-0.05, 0) is 54.9 Å². The molecule has 1 aromatic rings. The summed E-state index contributed by atoms with van der Waals surface area (Å²) in [4.78, 5) is 0. The van der Waals surface area contributed by atoms with Crippen LogP contribution in [0.3, 0.4) is 0 Å². The number of nitrogens with zero attached hydrogens (tertiary/aromatic N) is 1. The minimum Gasteiger partial charge on any atom is -0.295 e. The van der Waals surface area contributed by atoms with Gasteiger partial charge in [0.15, 0.2) is 0 Å². The zero-order valence-corrected chi connectivity index (χ0v) is 11.9. The van der Waals surface area contributed by atoms with Crippen LogP contribution in [0.1, 0.15) is 42.4 Å². The van der Waals surface area contributed by atoms with E-state index in [4.69, 9.17) is 0 Å². The molecule has 1 aromatic carbocycles. The van der Waals surface area contributed by atoms with Crippen LogP contribution in [-0.4, -0.2) is 17.5 Å². The Morgan fingerprint density at radius 1 is 1.41 bits per heavy atom. The molecule has 0 aromatic heterocycles. The van der Waals surface area contributed by atoms with Crippen molar-refractivity contribution in [2.24, 2.45) is 0 Å². The monoisotopic (exact) mass is 251 g/mol. The van der Waals surface area contributed by atoms with Gasteiger partial charge in [-0.2, -0.15) is 0 Å². The second-order valence-corrected chi connectivity index (χ2v) is 6.28. The summed E-state index contributed by atoms with van der Waals surface area (Å²) in [5, 5.41) is 0. The van der Waals surface area contributed by atoms with Crippen molar-refractivity contribution in [2.45, 2.75) is 39.0 Å². The molecule has 0 saturated heterocycles. The molecular formula is C14H21NOS. The summed E-state index contributed by atoms with van der Waals surface area (Å²) < 4.78 is 13.5. The molecule has 0 aliphatic heterocycles. The fourth-order valence-corrected chi connectivity index (χ4v) is 2.77. The average molecular weight is 251 g/mol. The summed E-state index contributed by atoms with van der Waals surface area (Å²) in [5.74, 6) is 0.748. The lowest BCUT2D eigenvalue weighted by Crippen LogP contribution is -2.20. The lowest BCUT2D eigenvalue weighted by Gasteiger charge is -2.21. The number of hydrogen-bond donors (Lipinski definition) is 0. The third kappa shape index (κ3) is 2.54. The molecule has 0 radical (unpaired) electrons. The first kappa shape index (κ1) is 12.6. The molecule has 1 aliphatic carbocycles. The van der Waals surface area contributed by atoms with Crippen molar-refractivity contribution in [2.75, 3.05) is 17.6 Å². The summed E-state index contributed by atoms with van der Waals surface area (Å²) in [7, 11) is 0.966. The van der Waals surface area contributed by atoms with Crippen molar-refractivity contribution >= 4 is 16.7 Å². The lowest BCUT2D eigenvalue weighted by molar-refractivity contribution is 0.685. The Bertz CT molecular complexity index is 452. The Morgan fingerprint density at radius 3 is 2.53 bits per heavy atom. The fraction of sp³-hybridized carbons (Fsp3) is 0.571. The first-order valence-electron chi connectivity index (χ1n) is 6.25. The summed E-state index contributed by atoms with van der Waals surface area (Å²) in [6.45, 7) is 4.35. The van der Waals surface area contributed by atoms with Crippen LogP contribution in [-0.2, 0) is 17.4 Å². The van der Waals surface area contributed by atoms with Gasteiger partial charge in [0.2, 0.25) is 0 Å².